The molecule has 140 valence electrons. The van der Waals surface area contributed by atoms with E-state index in [0.717, 1.165) is 5.82 Å². The molecule has 2 heterocycles. The van der Waals surface area contributed by atoms with Gasteiger partial charge in [-0.05, 0) is 30.5 Å². The van der Waals surface area contributed by atoms with Crippen LogP contribution in [0.2, 0.25) is 0 Å². The van der Waals surface area contributed by atoms with Gasteiger partial charge in [0, 0.05) is 14.1 Å². The summed E-state index contributed by atoms with van der Waals surface area (Å²) in [4.78, 5) is 18.5. The summed E-state index contributed by atoms with van der Waals surface area (Å²) in [5.41, 5.74) is 0.464. The minimum atomic E-state index is -0.438. The van der Waals surface area contributed by atoms with Crippen LogP contribution in [0.1, 0.15) is 26.1 Å². The highest BCUT2D eigenvalue weighted by molar-refractivity contribution is 5.73. The van der Waals surface area contributed by atoms with Gasteiger partial charge in [-0.2, -0.15) is 5.10 Å². The zero-order valence-electron chi connectivity index (χ0n) is 15.5. The van der Waals surface area contributed by atoms with E-state index in [9.17, 15) is 9.90 Å². The normalized spacial score (nSPS) is 12.7. The Morgan fingerprint density at radius 1 is 1.35 bits per heavy atom. The molecule has 0 spiro atoms. The molecule has 26 heavy (non-hydrogen) atoms. The van der Waals surface area contributed by atoms with Crippen molar-refractivity contribution < 1.29 is 10.2 Å². The van der Waals surface area contributed by atoms with E-state index < -0.39 is 5.69 Å². The van der Waals surface area contributed by atoms with Crippen molar-refractivity contribution in [1.82, 2.24) is 19.7 Å². The summed E-state index contributed by atoms with van der Waals surface area (Å²) in [5.74, 6) is 1.24. The molecule has 0 saturated heterocycles. The number of hydrogen-bond acceptors (Lipinski definition) is 6. The lowest BCUT2D eigenvalue weighted by Crippen LogP contribution is -2.18. The second kappa shape index (κ2) is 8.48. The summed E-state index contributed by atoms with van der Waals surface area (Å²) in [6.45, 7) is 3.77. The Kier molecular flexibility index (Phi) is 6.35. The predicted octanol–water partition coefficient (Wildman–Crippen LogP) is 1.89. The SMILES string of the molecule is CC(C)C/C=C(\C(O)=C/CO)c1n[nH]c(=O)n1-c1ccc(N(C)C)nc1. The van der Waals surface area contributed by atoms with Crippen molar-refractivity contribution in [1.29, 1.82) is 0 Å². The predicted molar refractivity (Wildman–Crippen MR) is 102 cm³/mol. The van der Waals surface area contributed by atoms with Gasteiger partial charge in [0.05, 0.1) is 24.1 Å². The molecule has 2 aromatic heterocycles. The third kappa shape index (κ3) is 4.40. The molecule has 8 heteroatoms. The van der Waals surface area contributed by atoms with Crippen LogP contribution < -0.4 is 10.6 Å². The van der Waals surface area contributed by atoms with E-state index in [1.807, 2.05) is 32.8 Å². The van der Waals surface area contributed by atoms with Gasteiger partial charge in [0.2, 0.25) is 0 Å². The third-order valence-corrected chi connectivity index (χ3v) is 3.72. The number of H-pyrrole nitrogens is 1. The van der Waals surface area contributed by atoms with Gasteiger partial charge in [-0.3, -0.25) is 0 Å². The minimum absolute atomic E-state index is 0.133. The van der Waals surface area contributed by atoms with Crippen molar-refractivity contribution in [2.75, 3.05) is 25.6 Å². The zero-order valence-corrected chi connectivity index (χ0v) is 15.5. The van der Waals surface area contributed by atoms with Crippen LogP contribution in [0, 0.1) is 5.92 Å². The molecule has 3 N–H and O–H groups in total. The molecule has 0 fully saturated rings. The lowest BCUT2D eigenvalue weighted by Gasteiger charge is -2.13. The summed E-state index contributed by atoms with van der Waals surface area (Å²) in [7, 11) is 3.75. The number of nitrogens with zero attached hydrogens (tertiary/aromatic N) is 4. The summed E-state index contributed by atoms with van der Waals surface area (Å²) in [6.07, 6.45) is 5.32. The van der Waals surface area contributed by atoms with Crippen molar-refractivity contribution in [2.45, 2.75) is 20.3 Å². The van der Waals surface area contributed by atoms with Gasteiger partial charge in [-0.25, -0.2) is 19.4 Å². The molecule has 2 aromatic rings. The lowest BCUT2D eigenvalue weighted by molar-refractivity contribution is 0.333. The molecule has 0 bridgehead atoms. The number of aliphatic hydroxyl groups excluding tert-OH is 2. The Morgan fingerprint density at radius 3 is 2.62 bits per heavy atom. The number of hydrogen-bond donors (Lipinski definition) is 3. The van der Waals surface area contributed by atoms with Gasteiger partial charge in [0.1, 0.15) is 11.6 Å². The van der Waals surface area contributed by atoms with E-state index in [0.29, 0.717) is 23.6 Å². The molecule has 0 unspecified atom stereocenters. The van der Waals surface area contributed by atoms with E-state index in [4.69, 9.17) is 5.11 Å². The van der Waals surface area contributed by atoms with Crippen molar-refractivity contribution >= 4 is 11.4 Å². The number of nitrogens with one attached hydrogen (secondary N) is 1. The van der Waals surface area contributed by atoms with E-state index in [-0.39, 0.29) is 18.2 Å². The summed E-state index contributed by atoms with van der Waals surface area (Å²) in [5, 5.41) is 25.9. The molecule has 0 saturated carbocycles. The number of anilines is 1. The molecule has 2 rings (SSSR count). The molecule has 0 radical (unpaired) electrons. The first kappa shape index (κ1) is 19.5. The maximum Gasteiger partial charge on any atom is 0.348 e. The molecule has 8 nitrogen and oxygen atoms in total. The zero-order chi connectivity index (χ0) is 19.3. The van der Waals surface area contributed by atoms with Crippen LogP contribution in [0.15, 0.2) is 41.0 Å². The van der Waals surface area contributed by atoms with E-state index in [1.54, 1.807) is 24.4 Å². The highest BCUT2D eigenvalue weighted by atomic mass is 16.3. The fraction of sp³-hybridized carbons (Fsp3) is 0.389. The van der Waals surface area contributed by atoms with Crippen molar-refractivity contribution in [3.05, 3.63) is 52.5 Å². The molecule has 0 aliphatic rings. The number of allylic oxidation sites excluding steroid dienone is 2. The van der Waals surface area contributed by atoms with E-state index in [1.165, 1.54) is 10.6 Å². The van der Waals surface area contributed by atoms with Crippen LogP contribution in [0.3, 0.4) is 0 Å². The topological polar surface area (TPSA) is 107 Å². The van der Waals surface area contributed by atoms with Gasteiger partial charge in [0.15, 0.2) is 5.82 Å². The van der Waals surface area contributed by atoms with Gasteiger partial charge < -0.3 is 15.1 Å². The molecular weight excluding hydrogens is 334 g/mol. The Balaban J connectivity index is 2.57. The Morgan fingerprint density at radius 2 is 2.08 bits per heavy atom. The third-order valence-electron chi connectivity index (χ3n) is 3.72. The van der Waals surface area contributed by atoms with Crippen LogP contribution in [0.4, 0.5) is 5.82 Å². The van der Waals surface area contributed by atoms with Crippen LogP contribution in [0.25, 0.3) is 11.3 Å². The van der Waals surface area contributed by atoms with Crippen LogP contribution in [-0.2, 0) is 0 Å². The molecule has 0 aromatic carbocycles. The number of rotatable bonds is 7. The first-order valence-electron chi connectivity index (χ1n) is 8.37. The van der Waals surface area contributed by atoms with Crippen molar-refractivity contribution in [3.8, 4) is 5.69 Å². The van der Waals surface area contributed by atoms with Gasteiger partial charge in [-0.15, -0.1) is 0 Å². The van der Waals surface area contributed by atoms with Crippen molar-refractivity contribution in [2.24, 2.45) is 5.92 Å². The second-order valence-electron chi connectivity index (χ2n) is 6.48. The Labute approximate surface area is 152 Å². The lowest BCUT2D eigenvalue weighted by atomic mass is 10.1. The van der Waals surface area contributed by atoms with Crippen LogP contribution >= 0.6 is 0 Å². The average molecular weight is 359 g/mol. The minimum Gasteiger partial charge on any atom is -0.507 e. The average Bonchev–Trinajstić information content (AvgIpc) is 2.96. The number of pyridine rings is 1. The van der Waals surface area contributed by atoms with Gasteiger partial charge >= 0.3 is 5.69 Å². The second-order valence-corrected chi connectivity index (χ2v) is 6.48. The molecule has 0 aliphatic carbocycles. The fourth-order valence-electron chi connectivity index (χ4n) is 2.35. The monoisotopic (exact) mass is 359 g/mol. The van der Waals surface area contributed by atoms with Crippen LogP contribution in [-0.4, -0.2) is 50.7 Å². The quantitative estimate of drug-likeness (QED) is 0.515. The molecule has 0 atom stereocenters. The molecular formula is C18H25N5O3. The number of aromatic amines is 1. The highest BCUT2D eigenvalue weighted by Crippen LogP contribution is 2.23. The number of aromatic nitrogens is 4. The van der Waals surface area contributed by atoms with Gasteiger partial charge in [0.25, 0.3) is 0 Å². The van der Waals surface area contributed by atoms with Crippen LogP contribution in [0.5, 0.6) is 0 Å². The maximum atomic E-state index is 12.3. The highest BCUT2D eigenvalue weighted by Gasteiger charge is 2.18. The molecule has 0 amide bonds. The van der Waals surface area contributed by atoms with E-state index >= 15 is 0 Å². The Bertz CT molecular complexity index is 844. The first-order chi connectivity index (χ1) is 12.3. The maximum absolute atomic E-state index is 12.3. The smallest absolute Gasteiger partial charge is 0.348 e. The van der Waals surface area contributed by atoms with Crippen molar-refractivity contribution in [3.63, 3.8) is 0 Å². The number of aliphatic hydroxyl groups is 2. The summed E-state index contributed by atoms with van der Waals surface area (Å²) in [6, 6.07) is 3.55. The standard InChI is InChI=1S/C18H25N5O3/c1-12(2)5-7-14(15(25)9-10-24)17-20-21-18(26)23(17)13-6-8-16(19-11-13)22(3)4/h6-9,11-12,24-25H,5,10H2,1-4H3,(H,21,26)/b14-7+,15-9+. The Hall–Kier alpha value is -2.87. The summed E-state index contributed by atoms with van der Waals surface area (Å²) >= 11 is 0. The summed E-state index contributed by atoms with van der Waals surface area (Å²) < 4.78 is 1.35. The first-order valence-corrected chi connectivity index (χ1v) is 8.37. The van der Waals surface area contributed by atoms with E-state index in [2.05, 4.69) is 15.2 Å². The van der Waals surface area contributed by atoms with Gasteiger partial charge in [-0.1, -0.05) is 19.9 Å². The molecule has 0 aliphatic heterocycles. The largest absolute Gasteiger partial charge is 0.507 e. The fourth-order valence-corrected chi connectivity index (χ4v) is 2.35.